The maximum absolute atomic E-state index is 14.0. The summed E-state index contributed by atoms with van der Waals surface area (Å²) in [6.45, 7) is 9.78. The second-order valence-electron chi connectivity index (χ2n) is 26.6. The predicted octanol–water partition coefficient (Wildman–Crippen LogP) is 22.1. The molecule has 25 heteroatoms. The SMILES string of the molecule is CC(OC(=O)c1ccccc1)C(C)C(CC(F)(F)F)OC(=O)c1ccccc1.CC(OC(=O)c1ccccc1)C(C)C(OC(=O)c1ccccc1)C(F)(F)F.CCCCc1ccc(C(=O)O)cc1.CCCCc1ccc(C(=O)O)cc1.O=C(OC(CC(OC(=O)c1ccccc1)C(F)(F)F)c1ccc2ccccc2c1)c1ccccc1. The average molecular weight is 1610 g/mol. The first kappa shape index (κ1) is 92.5. The van der Waals surface area contributed by atoms with Crippen molar-refractivity contribution in [1.29, 1.82) is 0 Å². The van der Waals surface area contributed by atoms with Crippen molar-refractivity contribution in [3.8, 4) is 0 Å². The fourth-order valence-corrected chi connectivity index (χ4v) is 11.0. The highest BCUT2D eigenvalue weighted by Crippen LogP contribution is 2.37. The summed E-state index contributed by atoms with van der Waals surface area (Å²) in [6.07, 6.45) is -19.4. The lowest BCUT2D eigenvalue weighted by Crippen LogP contribution is -2.44. The van der Waals surface area contributed by atoms with Crippen LogP contribution in [0.1, 0.15) is 186 Å². The molecule has 0 radical (unpaired) electrons. The van der Waals surface area contributed by atoms with Crippen LogP contribution in [-0.4, -0.2) is 107 Å². The molecule has 0 spiro atoms. The number of aromatic carboxylic acids is 2. The summed E-state index contributed by atoms with van der Waals surface area (Å²) < 4.78 is 152. The van der Waals surface area contributed by atoms with Crippen LogP contribution in [0.25, 0.3) is 10.8 Å². The van der Waals surface area contributed by atoms with E-state index in [-0.39, 0.29) is 33.4 Å². The number of benzene rings is 10. The number of hydrogen-bond acceptors (Lipinski definition) is 14. The summed E-state index contributed by atoms with van der Waals surface area (Å²) in [5.74, 6) is -9.13. The second kappa shape index (κ2) is 46.1. The van der Waals surface area contributed by atoms with Crippen LogP contribution in [-0.2, 0) is 41.3 Å². The summed E-state index contributed by atoms with van der Waals surface area (Å²) in [5.41, 5.74) is 4.37. The molecule has 612 valence electrons. The molecule has 2 N–H and O–H groups in total. The summed E-state index contributed by atoms with van der Waals surface area (Å²) in [7, 11) is 0. The lowest BCUT2D eigenvalue weighted by Gasteiger charge is -2.30. The van der Waals surface area contributed by atoms with Gasteiger partial charge in [-0.05, 0) is 170 Å². The lowest BCUT2D eigenvalue weighted by atomic mass is 9.96. The van der Waals surface area contributed by atoms with Gasteiger partial charge in [-0.1, -0.05) is 210 Å². The molecule has 0 aromatic heterocycles. The molecular weight excluding hydrogens is 1520 g/mol. The fraction of sp³-hybridized carbons (Fsp3) is 0.275. The Bertz CT molecular complexity index is 4630. The third-order valence-electron chi connectivity index (χ3n) is 17.9. The first-order chi connectivity index (χ1) is 55.1. The monoisotopic (exact) mass is 1610 g/mol. The highest BCUT2D eigenvalue weighted by molar-refractivity contribution is 5.93. The van der Waals surface area contributed by atoms with Gasteiger partial charge in [-0.3, -0.25) is 0 Å². The van der Waals surface area contributed by atoms with Crippen molar-refractivity contribution in [3.63, 3.8) is 0 Å². The number of hydrogen-bond donors (Lipinski definition) is 2. The number of carbonyl (C=O) groups excluding carboxylic acids is 6. The Labute approximate surface area is 666 Å². The van der Waals surface area contributed by atoms with Gasteiger partial charge in [0.25, 0.3) is 0 Å². The van der Waals surface area contributed by atoms with Gasteiger partial charge >= 0.3 is 66.3 Å². The molecule has 8 unspecified atom stereocenters. The summed E-state index contributed by atoms with van der Waals surface area (Å²) in [5, 5.41) is 19.0. The molecule has 116 heavy (non-hydrogen) atoms. The van der Waals surface area contributed by atoms with Crippen LogP contribution < -0.4 is 0 Å². The van der Waals surface area contributed by atoms with Crippen LogP contribution in [0.3, 0.4) is 0 Å². The van der Waals surface area contributed by atoms with Crippen molar-refractivity contribution in [2.45, 2.75) is 148 Å². The Kier molecular flexibility index (Phi) is 36.7. The van der Waals surface area contributed by atoms with E-state index in [4.69, 9.17) is 38.6 Å². The van der Waals surface area contributed by atoms with E-state index in [1.807, 2.05) is 42.5 Å². The smallest absolute Gasteiger partial charge is 0.425 e. The van der Waals surface area contributed by atoms with Gasteiger partial charge in [0, 0.05) is 18.3 Å². The fourth-order valence-electron chi connectivity index (χ4n) is 11.0. The molecule has 0 aliphatic rings. The van der Waals surface area contributed by atoms with Crippen molar-refractivity contribution in [2.75, 3.05) is 0 Å². The van der Waals surface area contributed by atoms with Crippen LogP contribution in [0, 0.1) is 11.8 Å². The maximum Gasteiger partial charge on any atom is 0.425 e. The number of alkyl halides is 9. The van der Waals surface area contributed by atoms with Crippen LogP contribution >= 0.6 is 0 Å². The molecule has 10 aromatic carbocycles. The van der Waals surface area contributed by atoms with Crippen LogP contribution in [0.2, 0.25) is 0 Å². The van der Waals surface area contributed by atoms with Gasteiger partial charge in [-0.15, -0.1) is 0 Å². The molecule has 10 aromatic rings. The number of aryl methyl sites for hydroxylation is 2. The first-order valence-corrected chi connectivity index (χ1v) is 37.1. The molecule has 0 bridgehead atoms. The lowest BCUT2D eigenvalue weighted by molar-refractivity contribution is -0.225. The molecule has 8 atom stereocenters. The minimum absolute atomic E-state index is 0.00730. The quantitative estimate of drug-likeness (QED) is 0.0264. The number of carboxylic acid groups (broad SMARTS) is 2. The molecule has 0 aliphatic heterocycles. The zero-order valence-corrected chi connectivity index (χ0v) is 64.3. The zero-order chi connectivity index (χ0) is 85.0. The average Bonchev–Trinajstić information content (AvgIpc) is 0.815. The zero-order valence-electron chi connectivity index (χ0n) is 64.3. The molecular formula is C91H89F9O16. The number of halogens is 9. The van der Waals surface area contributed by atoms with E-state index in [9.17, 15) is 77.9 Å². The number of carboxylic acids is 2. The summed E-state index contributed by atoms with van der Waals surface area (Å²) in [6, 6.07) is 73.1. The normalized spacial score (nSPS) is 13.1. The van der Waals surface area contributed by atoms with Gasteiger partial charge in [0.05, 0.1) is 50.9 Å². The van der Waals surface area contributed by atoms with Gasteiger partial charge in [0.15, 0.2) is 0 Å². The Morgan fingerprint density at radius 3 is 0.991 bits per heavy atom. The minimum Gasteiger partial charge on any atom is -0.478 e. The van der Waals surface area contributed by atoms with Crippen molar-refractivity contribution in [2.24, 2.45) is 11.8 Å². The number of ether oxygens (including phenoxy) is 6. The van der Waals surface area contributed by atoms with Crippen LogP contribution in [0.5, 0.6) is 0 Å². The van der Waals surface area contributed by atoms with Gasteiger partial charge < -0.3 is 38.6 Å². The molecule has 0 fully saturated rings. The van der Waals surface area contributed by atoms with E-state index in [1.54, 1.807) is 146 Å². The predicted molar refractivity (Wildman–Crippen MR) is 418 cm³/mol. The highest BCUT2D eigenvalue weighted by atomic mass is 19.4. The van der Waals surface area contributed by atoms with E-state index < -0.39 is 128 Å². The van der Waals surface area contributed by atoms with Gasteiger partial charge in [-0.2, -0.15) is 39.5 Å². The number of fused-ring (bicyclic) bond motifs is 1. The largest absolute Gasteiger partial charge is 0.478 e. The number of unbranched alkanes of at least 4 members (excludes halogenated alkanes) is 2. The summed E-state index contributed by atoms with van der Waals surface area (Å²) >= 11 is 0. The molecule has 0 heterocycles. The van der Waals surface area contributed by atoms with Crippen LogP contribution in [0.15, 0.2) is 273 Å². The molecule has 10 rings (SSSR count). The standard InChI is InChI=1S/C28H21F3O4.C21H21F3O4.C20H19F3O4.2C11H14O2/c29-28(30,31)25(35-27(33)21-12-5-2-6-13-21)18-24(34-26(32)20-10-3-1-4-11-20)23-16-15-19-9-7-8-14-22(19)17-23;1-14(15(2)27-19(25)16-9-5-3-6-10-16)18(13-21(22,23)24)28-20(26)17-11-7-4-8-12-17;1-13(14(2)26-18(24)15-9-5-3-6-10-15)17(20(21,22)23)27-19(25)16-11-7-4-8-12-16;2*1-2-3-4-9-5-7-10(8-6-9)11(12)13/h1-17,24-25H,18H2;3-12,14-15,18H,13H2,1-2H3;3-14,17H,1-2H3;2*5-8H,2-4H2,1H3,(H,12,13). The Morgan fingerprint density at radius 2 is 0.655 bits per heavy atom. The van der Waals surface area contributed by atoms with Crippen molar-refractivity contribution < 1.29 is 117 Å². The second-order valence-corrected chi connectivity index (χ2v) is 26.6. The van der Waals surface area contributed by atoms with Gasteiger partial charge in [-0.25, -0.2) is 38.4 Å². The first-order valence-electron chi connectivity index (χ1n) is 37.1. The highest BCUT2D eigenvalue weighted by Gasteiger charge is 2.49. The molecule has 16 nitrogen and oxygen atoms in total. The molecule has 0 amide bonds. The van der Waals surface area contributed by atoms with E-state index in [2.05, 4.69) is 13.8 Å². The van der Waals surface area contributed by atoms with Crippen molar-refractivity contribution in [3.05, 3.63) is 334 Å². The molecule has 0 saturated heterocycles. The summed E-state index contributed by atoms with van der Waals surface area (Å²) in [4.78, 5) is 94.7. The maximum atomic E-state index is 14.0. The van der Waals surface area contributed by atoms with Crippen molar-refractivity contribution in [1.82, 2.24) is 0 Å². The van der Waals surface area contributed by atoms with Gasteiger partial charge in [0.1, 0.15) is 24.4 Å². The molecule has 0 saturated carbocycles. The van der Waals surface area contributed by atoms with E-state index in [1.165, 1.54) is 137 Å². The van der Waals surface area contributed by atoms with E-state index >= 15 is 0 Å². The minimum atomic E-state index is -4.88. The third kappa shape index (κ3) is 31.5. The topological polar surface area (TPSA) is 232 Å². The Morgan fingerprint density at radius 1 is 0.336 bits per heavy atom. The van der Waals surface area contributed by atoms with Crippen molar-refractivity contribution >= 4 is 58.5 Å². The van der Waals surface area contributed by atoms with Crippen LogP contribution in [0.4, 0.5) is 39.5 Å². The Hall–Kier alpha value is -12.4. The molecule has 0 aliphatic carbocycles. The van der Waals surface area contributed by atoms with E-state index in [0.717, 1.165) is 36.5 Å². The number of rotatable bonds is 28. The van der Waals surface area contributed by atoms with E-state index in [0.29, 0.717) is 16.7 Å². The Balaban J connectivity index is 0.000000236. The number of carbonyl (C=O) groups is 8. The van der Waals surface area contributed by atoms with Gasteiger partial charge in [0.2, 0.25) is 12.2 Å². The third-order valence-corrected chi connectivity index (χ3v) is 17.9. The number of esters is 6.